The molecular weight excluding hydrogens is 220 g/mol. The van der Waals surface area contributed by atoms with E-state index in [0.717, 1.165) is 36.9 Å². The molecule has 0 aliphatic rings. The molecule has 3 nitrogen and oxygen atoms in total. The maximum Gasteiger partial charge on any atom is 0.126 e. The summed E-state index contributed by atoms with van der Waals surface area (Å²) in [6, 6.07) is 4.19. The van der Waals surface area contributed by atoms with Crippen LogP contribution in [0.25, 0.3) is 0 Å². The summed E-state index contributed by atoms with van der Waals surface area (Å²) in [5, 5.41) is 3.22. The second-order valence-electron chi connectivity index (χ2n) is 3.48. The van der Waals surface area contributed by atoms with Gasteiger partial charge in [-0.1, -0.05) is 0 Å². The van der Waals surface area contributed by atoms with Gasteiger partial charge in [0, 0.05) is 32.2 Å². The fourth-order valence-electron chi connectivity index (χ4n) is 1.34. The van der Waals surface area contributed by atoms with Crippen molar-refractivity contribution >= 4 is 17.6 Å². The third-order valence-electron chi connectivity index (χ3n) is 2.09. The van der Waals surface area contributed by atoms with E-state index in [0.29, 0.717) is 0 Å². The number of thioether (sulfide) groups is 1. The van der Waals surface area contributed by atoms with Crippen molar-refractivity contribution in [2.24, 2.45) is 0 Å². The summed E-state index contributed by atoms with van der Waals surface area (Å²) in [4.78, 5) is 4.25. The summed E-state index contributed by atoms with van der Waals surface area (Å²) in [6.07, 6.45) is 2.98. The predicted octanol–water partition coefficient (Wildman–Crippen LogP) is 2.78. The Bertz CT molecular complexity index is 294. The zero-order chi connectivity index (χ0) is 11.6. The van der Waals surface area contributed by atoms with Crippen molar-refractivity contribution in [3.8, 4) is 0 Å². The highest BCUT2D eigenvalue weighted by Gasteiger charge is 1.97. The van der Waals surface area contributed by atoms with Crippen LogP contribution < -0.4 is 5.32 Å². The number of nitrogens with zero attached hydrogens (tertiary/aromatic N) is 1. The van der Waals surface area contributed by atoms with Crippen molar-refractivity contribution in [2.75, 3.05) is 31.3 Å². The van der Waals surface area contributed by atoms with Gasteiger partial charge in [0.15, 0.2) is 0 Å². The molecule has 0 saturated heterocycles. The maximum absolute atomic E-state index is 5.01. The summed E-state index contributed by atoms with van der Waals surface area (Å²) in [6.45, 7) is 3.84. The molecule has 0 radical (unpaired) electrons. The van der Waals surface area contributed by atoms with E-state index in [4.69, 9.17) is 4.74 Å². The molecule has 0 aliphatic carbocycles. The van der Waals surface area contributed by atoms with Crippen LogP contribution in [0.2, 0.25) is 0 Å². The molecule has 0 aromatic carbocycles. The molecule has 1 rings (SSSR count). The lowest BCUT2D eigenvalue weighted by Crippen LogP contribution is -1.99. The molecule has 1 aromatic heterocycles. The average Bonchev–Trinajstić information content (AvgIpc) is 2.30. The quantitative estimate of drug-likeness (QED) is 0.709. The van der Waals surface area contributed by atoms with Crippen LogP contribution in [0.1, 0.15) is 18.9 Å². The van der Waals surface area contributed by atoms with Gasteiger partial charge in [0.2, 0.25) is 0 Å². The molecule has 0 bridgehead atoms. The molecule has 1 aromatic rings. The molecule has 0 atom stereocenters. The summed E-state index contributed by atoms with van der Waals surface area (Å²) < 4.78 is 5.01. The van der Waals surface area contributed by atoms with Crippen molar-refractivity contribution < 1.29 is 4.74 Å². The van der Waals surface area contributed by atoms with E-state index in [1.807, 2.05) is 18.0 Å². The van der Waals surface area contributed by atoms with Crippen molar-refractivity contribution in [2.45, 2.75) is 19.1 Å². The number of hydrogen-bond donors (Lipinski definition) is 1. The lowest BCUT2D eigenvalue weighted by atomic mass is 10.3. The molecule has 0 spiro atoms. The highest BCUT2D eigenvalue weighted by Crippen LogP contribution is 2.15. The predicted molar refractivity (Wildman–Crippen MR) is 71.1 cm³/mol. The Balaban J connectivity index is 2.27. The molecule has 1 heterocycles. The monoisotopic (exact) mass is 240 g/mol. The number of nitrogens with one attached hydrogen (secondary N) is 1. The number of pyridine rings is 1. The molecule has 0 fully saturated rings. The SMILES string of the molecule is CCNc1cc(CSCCCOC)ccn1. The van der Waals surface area contributed by atoms with Gasteiger partial charge < -0.3 is 10.1 Å². The van der Waals surface area contributed by atoms with Crippen LogP contribution in [0.15, 0.2) is 18.3 Å². The van der Waals surface area contributed by atoms with E-state index < -0.39 is 0 Å². The van der Waals surface area contributed by atoms with Gasteiger partial charge in [-0.15, -0.1) is 0 Å². The third kappa shape index (κ3) is 5.37. The molecule has 90 valence electrons. The number of anilines is 1. The van der Waals surface area contributed by atoms with Crippen LogP contribution >= 0.6 is 11.8 Å². The second-order valence-corrected chi connectivity index (χ2v) is 4.58. The highest BCUT2D eigenvalue weighted by atomic mass is 32.2. The van der Waals surface area contributed by atoms with Gasteiger partial charge in [-0.05, 0) is 36.8 Å². The minimum absolute atomic E-state index is 0.853. The van der Waals surface area contributed by atoms with E-state index >= 15 is 0 Å². The Morgan fingerprint density at radius 3 is 3.12 bits per heavy atom. The van der Waals surface area contributed by atoms with Gasteiger partial charge in [-0.3, -0.25) is 0 Å². The Hall–Kier alpha value is -0.740. The molecule has 16 heavy (non-hydrogen) atoms. The number of ether oxygens (including phenoxy) is 1. The summed E-state index contributed by atoms with van der Waals surface area (Å²) in [7, 11) is 1.75. The number of rotatable bonds is 8. The Labute approximate surface area is 102 Å². The van der Waals surface area contributed by atoms with Crippen LogP contribution in [0.3, 0.4) is 0 Å². The topological polar surface area (TPSA) is 34.1 Å². The third-order valence-corrected chi connectivity index (χ3v) is 3.20. The van der Waals surface area contributed by atoms with Gasteiger partial charge in [-0.2, -0.15) is 11.8 Å². The van der Waals surface area contributed by atoms with Crippen molar-refractivity contribution in [3.63, 3.8) is 0 Å². The molecule has 4 heteroatoms. The van der Waals surface area contributed by atoms with E-state index in [1.54, 1.807) is 7.11 Å². The lowest BCUT2D eigenvalue weighted by molar-refractivity contribution is 0.200. The van der Waals surface area contributed by atoms with E-state index in [-0.39, 0.29) is 0 Å². The largest absolute Gasteiger partial charge is 0.385 e. The Kier molecular flexibility index (Phi) is 7.01. The van der Waals surface area contributed by atoms with E-state index in [2.05, 4.69) is 29.4 Å². The average molecular weight is 240 g/mol. The summed E-state index contributed by atoms with van der Waals surface area (Å²) >= 11 is 1.94. The summed E-state index contributed by atoms with van der Waals surface area (Å²) in [5.74, 6) is 3.16. The molecule has 0 unspecified atom stereocenters. The molecular formula is C12H20N2OS. The van der Waals surface area contributed by atoms with Crippen molar-refractivity contribution in [3.05, 3.63) is 23.9 Å². The first-order chi connectivity index (χ1) is 7.86. The van der Waals surface area contributed by atoms with Crippen LogP contribution in [0, 0.1) is 0 Å². The van der Waals surface area contributed by atoms with Gasteiger partial charge in [-0.25, -0.2) is 4.98 Å². The minimum atomic E-state index is 0.853. The zero-order valence-corrected chi connectivity index (χ0v) is 10.8. The fraction of sp³-hybridized carbons (Fsp3) is 0.583. The van der Waals surface area contributed by atoms with Gasteiger partial charge in [0.1, 0.15) is 5.82 Å². The standard InChI is InChI=1S/C12H20N2OS/c1-3-13-12-9-11(5-6-14-12)10-16-8-4-7-15-2/h5-6,9H,3-4,7-8,10H2,1-2H3,(H,13,14). The molecule has 0 saturated carbocycles. The first kappa shape index (κ1) is 13.3. The second kappa shape index (κ2) is 8.42. The lowest BCUT2D eigenvalue weighted by Gasteiger charge is -2.05. The highest BCUT2D eigenvalue weighted by molar-refractivity contribution is 7.98. The van der Waals surface area contributed by atoms with Crippen LogP contribution in [-0.4, -0.2) is 31.0 Å². The molecule has 0 amide bonds. The Morgan fingerprint density at radius 1 is 1.50 bits per heavy atom. The van der Waals surface area contributed by atoms with Gasteiger partial charge in [0.25, 0.3) is 0 Å². The Morgan fingerprint density at radius 2 is 2.38 bits per heavy atom. The fourth-order valence-corrected chi connectivity index (χ4v) is 2.22. The van der Waals surface area contributed by atoms with Gasteiger partial charge in [0.05, 0.1) is 0 Å². The number of aromatic nitrogens is 1. The number of hydrogen-bond acceptors (Lipinski definition) is 4. The number of methoxy groups -OCH3 is 1. The first-order valence-corrected chi connectivity index (χ1v) is 6.77. The smallest absolute Gasteiger partial charge is 0.126 e. The van der Waals surface area contributed by atoms with Crippen molar-refractivity contribution in [1.29, 1.82) is 0 Å². The minimum Gasteiger partial charge on any atom is -0.385 e. The zero-order valence-electron chi connectivity index (χ0n) is 10.0. The van der Waals surface area contributed by atoms with Crippen LogP contribution in [0.5, 0.6) is 0 Å². The van der Waals surface area contributed by atoms with Gasteiger partial charge >= 0.3 is 0 Å². The normalized spacial score (nSPS) is 10.4. The summed E-state index contributed by atoms with van der Waals surface area (Å²) in [5.41, 5.74) is 1.33. The maximum atomic E-state index is 5.01. The molecule has 1 N–H and O–H groups in total. The van der Waals surface area contributed by atoms with Crippen LogP contribution in [0.4, 0.5) is 5.82 Å². The van der Waals surface area contributed by atoms with E-state index in [1.165, 1.54) is 5.56 Å². The first-order valence-electron chi connectivity index (χ1n) is 5.62. The van der Waals surface area contributed by atoms with Crippen molar-refractivity contribution in [1.82, 2.24) is 4.98 Å². The van der Waals surface area contributed by atoms with Crippen LogP contribution in [-0.2, 0) is 10.5 Å². The van der Waals surface area contributed by atoms with E-state index in [9.17, 15) is 0 Å². The molecule has 0 aliphatic heterocycles.